The van der Waals surface area contributed by atoms with Gasteiger partial charge in [-0.15, -0.1) is 0 Å². The highest BCUT2D eigenvalue weighted by atomic mass is 79.9. The third kappa shape index (κ3) is 13.0. The Hall–Kier alpha value is -6.32. The number of carbonyl (C=O) groups is 2. The Morgan fingerprint density at radius 2 is 1.09 bits per heavy atom. The molecule has 4 aliphatic rings. The Balaban J connectivity index is 0.000000159. The Bertz CT molecular complexity index is 2530. The molecular formula is C48H58BBrN12O6. The number of amides is 2. The predicted octanol–water partition coefficient (Wildman–Crippen LogP) is 5.56. The first kappa shape index (κ1) is 48.2. The van der Waals surface area contributed by atoms with Gasteiger partial charge in [-0.05, 0) is 115 Å². The predicted molar refractivity (Wildman–Crippen MR) is 269 cm³/mol. The van der Waals surface area contributed by atoms with Crippen molar-refractivity contribution in [1.29, 1.82) is 0 Å². The van der Waals surface area contributed by atoms with Crippen LogP contribution in [0.1, 0.15) is 59.5 Å². The summed E-state index contributed by atoms with van der Waals surface area (Å²) in [6.07, 6.45) is 13.5. The third-order valence-corrected chi connectivity index (χ3v) is 12.6. The summed E-state index contributed by atoms with van der Waals surface area (Å²) in [6, 6.07) is 23.4. The number of nitrogens with zero attached hydrogens (tertiary/aromatic N) is 8. The summed E-state index contributed by atoms with van der Waals surface area (Å²) in [4.78, 5) is 44.1. The molecule has 0 radical (unpaired) electrons. The molecule has 0 unspecified atom stereocenters. The second kappa shape index (κ2) is 24.1. The smallest absolute Gasteiger partial charge is 0.423 e. The number of aromatic nitrogens is 6. The molecule has 2 amide bonds. The van der Waals surface area contributed by atoms with Gasteiger partial charge in [0.1, 0.15) is 16.0 Å². The maximum atomic E-state index is 13.1. The first-order chi connectivity index (χ1) is 33.3. The number of rotatable bonds is 10. The van der Waals surface area contributed by atoms with Crippen molar-refractivity contribution >= 4 is 74.4 Å². The molecule has 4 saturated heterocycles. The number of halogens is 1. The zero-order valence-electron chi connectivity index (χ0n) is 38.0. The van der Waals surface area contributed by atoms with Crippen LogP contribution in [0.2, 0.25) is 0 Å². The summed E-state index contributed by atoms with van der Waals surface area (Å²) in [5.74, 6) is -0.411. The largest absolute Gasteiger partial charge is 0.491 e. The van der Waals surface area contributed by atoms with Crippen LogP contribution in [0.4, 0.5) is 34.1 Å². The molecule has 4 aliphatic heterocycles. The Labute approximate surface area is 404 Å². The second-order valence-corrected chi connectivity index (χ2v) is 17.6. The van der Waals surface area contributed by atoms with Crippen molar-refractivity contribution < 1.29 is 29.1 Å². The van der Waals surface area contributed by atoms with Crippen LogP contribution in [-0.2, 0) is 9.47 Å². The summed E-state index contributed by atoms with van der Waals surface area (Å²) >= 11 is 3.33. The van der Waals surface area contributed by atoms with Crippen molar-refractivity contribution in [2.75, 3.05) is 109 Å². The summed E-state index contributed by atoms with van der Waals surface area (Å²) in [5, 5.41) is 35.7. The molecule has 356 valence electrons. The van der Waals surface area contributed by atoms with Gasteiger partial charge >= 0.3 is 7.12 Å². The van der Waals surface area contributed by atoms with Gasteiger partial charge in [-0.25, -0.2) is 9.97 Å². The van der Waals surface area contributed by atoms with E-state index in [2.05, 4.69) is 101 Å². The number of pyridine rings is 2. The zero-order valence-corrected chi connectivity index (χ0v) is 39.6. The van der Waals surface area contributed by atoms with E-state index in [1.165, 1.54) is 62.3 Å². The molecule has 4 aromatic heterocycles. The standard InChI is InChI=1S/C24H28N6O2.C21H25BrN4O2.C3H5BN2O2/c31-24(22-6-4-5-20(27-22)18-16-25-26-17-18)28-21-8-7-19(29-11-13-32-14-12-29)15-23(21)30-9-2-1-3-10-30;22-20-6-4-5-18(23-20)21(27)24-17-8-7-16(25-11-13-28-14-12-25)15-19(17)26-9-2-1-3-10-26;7-4(8)3-1-5-6-2-3/h4-8,15-17H,1-3,9-14H2,(H,25,26)(H,28,31);4-8,15H,1-3,9-14H2,(H,24,27);1-2,7-8H,(H,5,6). The van der Waals surface area contributed by atoms with E-state index in [1.54, 1.807) is 24.5 Å². The van der Waals surface area contributed by atoms with Crippen LogP contribution < -0.4 is 35.7 Å². The number of hydrogen-bond donors (Lipinski definition) is 6. The molecule has 68 heavy (non-hydrogen) atoms. The van der Waals surface area contributed by atoms with Crippen LogP contribution in [-0.4, -0.2) is 138 Å². The van der Waals surface area contributed by atoms with Gasteiger partial charge in [-0.2, -0.15) is 10.2 Å². The summed E-state index contributed by atoms with van der Waals surface area (Å²) < 4.78 is 11.6. The molecular weight excluding hydrogens is 931 g/mol. The Morgan fingerprint density at radius 1 is 0.588 bits per heavy atom. The monoisotopic (exact) mass is 988 g/mol. The molecule has 6 N–H and O–H groups in total. The lowest BCUT2D eigenvalue weighted by molar-refractivity contribution is 0.101. The van der Waals surface area contributed by atoms with Crippen LogP contribution in [0.3, 0.4) is 0 Å². The fourth-order valence-electron chi connectivity index (χ4n) is 8.50. The maximum Gasteiger partial charge on any atom is 0.491 e. The van der Waals surface area contributed by atoms with Crippen LogP contribution in [0.15, 0.2) is 102 Å². The Morgan fingerprint density at radius 3 is 1.54 bits per heavy atom. The maximum absolute atomic E-state index is 13.1. The van der Waals surface area contributed by atoms with Gasteiger partial charge in [-0.1, -0.05) is 12.1 Å². The number of nitrogens with one attached hydrogen (secondary N) is 4. The van der Waals surface area contributed by atoms with Crippen molar-refractivity contribution in [1.82, 2.24) is 30.4 Å². The Kier molecular flexibility index (Phi) is 17.1. The molecule has 0 saturated carbocycles. The summed E-state index contributed by atoms with van der Waals surface area (Å²) in [6.45, 7) is 10.6. The van der Waals surface area contributed by atoms with Gasteiger partial charge in [0.2, 0.25) is 0 Å². The molecule has 10 rings (SSSR count). The van der Waals surface area contributed by atoms with E-state index in [0.717, 1.165) is 107 Å². The van der Waals surface area contributed by atoms with Crippen molar-refractivity contribution in [3.05, 3.63) is 114 Å². The SMILES string of the molecule is O=C(Nc1ccc(N2CCOCC2)cc1N1CCCCC1)c1cccc(-c2cn[nH]c2)n1.O=C(Nc1ccc(N2CCOCC2)cc1N1CCCCC1)c1cccc(Br)n1.OB(O)c1cn[nH]c1. The van der Waals surface area contributed by atoms with E-state index in [9.17, 15) is 9.59 Å². The molecule has 0 aliphatic carbocycles. The van der Waals surface area contributed by atoms with Crippen molar-refractivity contribution in [3.8, 4) is 11.3 Å². The van der Waals surface area contributed by atoms with Gasteiger partial charge in [0.15, 0.2) is 0 Å². The fraction of sp³-hybridized carbons (Fsp3) is 0.375. The van der Waals surface area contributed by atoms with E-state index >= 15 is 0 Å². The van der Waals surface area contributed by atoms with E-state index in [1.807, 2.05) is 36.4 Å². The molecule has 0 bridgehead atoms. The minimum atomic E-state index is -1.41. The number of H-pyrrole nitrogens is 2. The van der Waals surface area contributed by atoms with Crippen LogP contribution >= 0.6 is 15.9 Å². The fourth-order valence-corrected chi connectivity index (χ4v) is 8.85. The highest BCUT2D eigenvalue weighted by Crippen LogP contribution is 2.35. The summed E-state index contributed by atoms with van der Waals surface area (Å²) in [5.41, 5.74) is 8.91. The molecule has 0 atom stereocenters. The molecule has 0 spiro atoms. The van der Waals surface area contributed by atoms with Gasteiger partial charge < -0.3 is 49.8 Å². The number of anilines is 6. The second-order valence-electron chi connectivity index (χ2n) is 16.8. The quantitative estimate of drug-likeness (QED) is 0.0733. The number of carbonyl (C=O) groups excluding carboxylic acids is 2. The van der Waals surface area contributed by atoms with Gasteiger partial charge in [0.25, 0.3) is 11.8 Å². The van der Waals surface area contributed by atoms with E-state index < -0.39 is 7.12 Å². The third-order valence-electron chi connectivity index (χ3n) is 12.1. The van der Waals surface area contributed by atoms with E-state index in [4.69, 9.17) is 19.5 Å². The number of aromatic amines is 2. The van der Waals surface area contributed by atoms with Crippen LogP contribution in [0.5, 0.6) is 0 Å². The number of hydrogen-bond acceptors (Lipinski definition) is 14. The van der Waals surface area contributed by atoms with Crippen LogP contribution in [0.25, 0.3) is 11.3 Å². The molecule has 20 heteroatoms. The average Bonchev–Trinajstić information content (AvgIpc) is 4.15. The molecule has 2 aromatic carbocycles. The number of ether oxygens (including phenoxy) is 2. The molecule has 18 nitrogen and oxygen atoms in total. The van der Waals surface area contributed by atoms with E-state index in [0.29, 0.717) is 27.1 Å². The van der Waals surface area contributed by atoms with Crippen molar-refractivity contribution in [2.45, 2.75) is 38.5 Å². The average molecular weight is 990 g/mol. The number of piperidine rings is 2. The van der Waals surface area contributed by atoms with Gasteiger partial charge in [0, 0.05) is 93.3 Å². The van der Waals surface area contributed by atoms with E-state index in [-0.39, 0.29) is 11.8 Å². The zero-order chi connectivity index (χ0) is 47.1. The summed E-state index contributed by atoms with van der Waals surface area (Å²) in [7, 11) is -1.41. The lowest BCUT2D eigenvalue weighted by Gasteiger charge is -2.33. The topological polar surface area (TPSA) is 213 Å². The van der Waals surface area contributed by atoms with Crippen LogP contribution in [0, 0.1) is 0 Å². The molecule has 6 aromatic rings. The highest BCUT2D eigenvalue weighted by molar-refractivity contribution is 9.10. The first-order valence-corrected chi connectivity index (χ1v) is 24.1. The number of morpholine rings is 2. The lowest BCUT2D eigenvalue weighted by atomic mass is 9.83. The molecule has 4 fully saturated rings. The lowest BCUT2D eigenvalue weighted by Crippen LogP contribution is -2.36. The highest BCUT2D eigenvalue weighted by Gasteiger charge is 2.23. The van der Waals surface area contributed by atoms with Crippen molar-refractivity contribution in [2.24, 2.45) is 0 Å². The minimum Gasteiger partial charge on any atom is -0.423 e. The first-order valence-electron chi connectivity index (χ1n) is 23.3. The van der Waals surface area contributed by atoms with Crippen molar-refractivity contribution in [3.63, 3.8) is 0 Å². The normalized spacial score (nSPS) is 16.2. The molecule has 8 heterocycles. The van der Waals surface area contributed by atoms with Gasteiger partial charge in [0.05, 0.1) is 61.1 Å². The number of benzene rings is 2. The van der Waals surface area contributed by atoms with Gasteiger partial charge in [-0.3, -0.25) is 19.8 Å². The minimum absolute atomic E-state index is 0.196.